The van der Waals surface area contributed by atoms with Crippen LogP contribution in [0.1, 0.15) is 28.9 Å². The largest absolute Gasteiger partial charge is 0.445 e. The summed E-state index contributed by atoms with van der Waals surface area (Å²) in [7, 11) is 0. The van der Waals surface area contributed by atoms with Crippen LogP contribution in [0.4, 0.5) is 20.3 Å². The summed E-state index contributed by atoms with van der Waals surface area (Å²) in [5.74, 6) is -1.35. The monoisotopic (exact) mass is 406 g/mol. The number of amidine groups is 1. The number of nitrogens with zero attached hydrogens (tertiary/aromatic N) is 2. The first-order valence-corrected chi connectivity index (χ1v) is 8.35. The molecular formula is C18H20F2N6O3. The predicted octanol–water partition coefficient (Wildman–Crippen LogP) is 2.48. The number of benzene rings is 1. The van der Waals surface area contributed by atoms with E-state index >= 15 is 0 Å². The van der Waals surface area contributed by atoms with Gasteiger partial charge in [-0.3, -0.25) is 10.2 Å². The molecule has 0 bridgehead atoms. The Hall–Kier alpha value is -3.76. The molecule has 0 aliphatic carbocycles. The Bertz CT molecular complexity index is 922. The minimum atomic E-state index is -1.10. The van der Waals surface area contributed by atoms with Crippen LogP contribution in [0.3, 0.4) is 0 Å². The number of allylic oxidation sites excluding steroid dienone is 2. The molecule has 11 heteroatoms. The van der Waals surface area contributed by atoms with Crippen molar-refractivity contribution < 1.29 is 23.0 Å². The lowest BCUT2D eigenvalue weighted by molar-refractivity contribution is 0.102. The smallest absolute Gasteiger partial charge is 0.284 e. The maximum absolute atomic E-state index is 13.0. The summed E-state index contributed by atoms with van der Waals surface area (Å²) < 4.78 is 34.5. The number of carbonyl (C=O) groups excluding carboxylic acids is 1. The predicted molar refractivity (Wildman–Crippen MR) is 103 cm³/mol. The van der Waals surface area contributed by atoms with Crippen LogP contribution in [-0.2, 0) is 4.74 Å². The minimum Gasteiger partial charge on any atom is -0.445 e. The van der Waals surface area contributed by atoms with Gasteiger partial charge >= 0.3 is 0 Å². The van der Waals surface area contributed by atoms with E-state index in [1.54, 1.807) is 31.2 Å². The number of nitrogens with one attached hydrogen (secondary N) is 2. The molecule has 0 saturated carbocycles. The number of amides is 1. The molecule has 0 unspecified atom stereocenters. The van der Waals surface area contributed by atoms with E-state index in [1.165, 1.54) is 6.08 Å². The van der Waals surface area contributed by atoms with Crippen molar-refractivity contribution in [3.8, 4) is 5.88 Å². The number of aromatic nitrogens is 2. The molecule has 0 fully saturated rings. The second-order valence-corrected chi connectivity index (χ2v) is 5.80. The molecule has 0 spiro atoms. The van der Waals surface area contributed by atoms with Crippen LogP contribution in [0.5, 0.6) is 5.88 Å². The maximum atomic E-state index is 13.0. The fourth-order valence-electron chi connectivity index (χ4n) is 2.40. The van der Waals surface area contributed by atoms with Crippen molar-refractivity contribution in [1.82, 2.24) is 9.97 Å². The number of alkyl halides is 2. The summed E-state index contributed by atoms with van der Waals surface area (Å²) in [5.41, 5.74) is 11.8. The van der Waals surface area contributed by atoms with E-state index in [4.69, 9.17) is 21.6 Å². The first kappa shape index (κ1) is 21.5. The second kappa shape index (κ2) is 9.97. The highest BCUT2D eigenvalue weighted by Gasteiger charge is 2.15. The van der Waals surface area contributed by atoms with E-state index in [1.807, 2.05) is 0 Å². The van der Waals surface area contributed by atoms with Gasteiger partial charge in [0.25, 0.3) is 11.9 Å². The molecule has 0 radical (unpaired) electrons. The molecule has 154 valence electrons. The summed E-state index contributed by atoms with van der Waals surface area (Å²) in [6, 6.07) is 6.18. The summed E-state index contributed by atoms with van der Waals surface area (Å²) in [4.78, 5) is 20.0. The number of rotatable bonds is 8. The van der Waals surface area contributed by atoms with E-state index in [9.17, 15) is 13.6 Å². The third-order valence-corrected chi connectivity index (χ3v) is 3.67. The fourth-order valence-corrected chi connectivity index (χ4v) is 2.40. The van der Waals surface area contributed by atoms with Gasteiger partial charge in [-0.2, -0.15) is 4.98 Å². The molecule has 1 heterocycles. The molecule has 0 saturated heterocycles. The fraction of sp³-hybridized carbons (Fsp3) is 0.222. The molecule has 1 amide bonds. The lowest BCUT2D eigenvalue weighted by Gasteiger charge is -2.12. The van der Waals surface area contributed by atoms with Crippen LogP contribution in [0.15, 0.2) is 42.3 Å². The van der Waals surface area contributed by atoms with Crippen LogP contribution in [0, 0.1) is 5.41 Å². The SMILES string of the molecule is C[C@H](/C=C(/CF)OC(=N)N)c1cccc(NC(=O)c2ncc(OCF)nc2N)c1. The van der Waals surface area contributed by atoms with E-state index in [0.29, 0.717) is 5.69 Å². The van der Waals surface area contributed by atoms with E-state index in [-0.39, 0.29) is 29.1 Å². The Morgan fingerprint density at radius 1 is 1.41 bits per heavy atom. The highest BCUT2D eigenvalue weighted by Crippen LogP contribution is 2.23. The molecular weight excluding hydrogens is 386 g/mol. The van der Waals surface area contributed by atoms with Crippen molar-refractivity contribution in [1.29, 1.82) is 5.41 Å². The molecule has 9 nitrogen and oxygen atoms in total. The number of carbonyl (C=O) groups is 1. The van der Waals surface area contributed by atoms with Crippen LogP contribution < -0.4 is 21.5 Å². The Kier molecular flexibility index (Phi) is 7.40. The van der Waals surface area contributed by atoms with E-state index in [2.05, 4.69) is 20.0 Å². The highest BCUT2D eigenvalue weighted by molar-refractivity contribution is 6.05. The zero-order valence-electron chi connectivity index (χ0n) is 15.5. The van der Waals surface area contributed by atoms with Crippen LogP contribution in [0.25, 0.3) is 0 Å². The van der Waals surface area contributed by atoms with Gasteiger partial charge in [0.05, 0.1) is 6.20 Å². The topological polar surface area (TPSA) is 149 Å². The van der Waals surface area contributed by atoms with Crippen LogP contribution in [-0.4, -0.2) is 35.4 Å². The van der Waals surface area contributed by atoms with Crippen molar-refractivity contribution in [3.05, 3.63) is 53.6 Å². The highest BCUT2D eigenvalue weighted by atomic mass is 19.1. The van der Waals surface area contributed by atoms with Gasteiger partial charge in [-0.25, -0.2) is 13.8 Å². The van der Waals surface area contributed by atoms with Gasteiger partial charge < -0.3 is 26.3 Å². The van der Waals surface area contributed by atoms with Gasteiger partial charge in [0.15, 0.2) is 11.5 Å². The van der Waals surface area contributed by atoms with Crippen molar-refractivity contribution in [2.24, 2.45) is 5.73 Å². The number of hydrogen-bond donors (Lipinski definition) is 4. The molecule has 2 aromatic rings. The van der Waals surface area contributed by atoms with E-state index < -0.39 is 25.5 Å². The normalized spacial score (nSPS) is 12.2. The van der Waals surface area contributed by atoms with Gasteiger partial charge in [-0.05, 0) is 23.8 Å². The van der Waals surface area contributed by atoms with E-state index in [0.717, 1.165) is 11.8 Å². The van der Waals surface area contributed by atoms with Crippen molar-refractivity contribution in [2.45, 2.75) is 12.8 Å². The Labute approximate surface area is 165 Å². The third-order valence-electron chi connectivity index (χ3n) is 3.67. The molecule has 6 N–H and O–H groups in total. The van der Waals surface area contributed by atoms with Gasteiger partial charge in [0, 0.05) is 11.6 Å². The van der Waals surface area contributed by atoms with Crippen LogP contribution >= 0.6 is 0 Å². The number of halogens is 2. The molecule has 29 heavy (non-hydrogen) atoms. The van der Waals surface area contributed by atoms with Gasteiger partial charge in [-0.1, -0.05) is 19.1 Å². The number of nitrogen functional groups attached to an aromatic ring is 1. The summed E-state index contributed by atoms with van der Waals surface area (Å²) in [6.45, 7) is -0.228. The average molecular weight is 406 g/mol. The Balaban J connectivity index is 2.16. The van der Waals surface area contributed by atoms with Crippen LogP contribution in [0.2, 0.25) is 0 Å². The lowest BCUT2D eigenvalue weighted by Crippen LogP contribution is -2.17. The van der Waals surface area contributed by atoms with Crippen molar-refractivity contribution in [3.63, 3.8) is 0 Å². The van der Waals surface area contributed by atoms with Gasteiger partial charge in [-0.15, -0.1) is 0 Å². The molecule has 0 aliphatic rings. The quantitative estimate of drug-likeness (QED) is 0.299. The molecule has 1 atom stereocenters. The van der Waals surface area contributed by atoms with Gasteiger partial charge in [0.2, 0.25) is 12.7 Å². The van der Waals surface area contributed by atoms with Crippen molar-refractivity contribution >= 4 is 23.4 Å². The number of nitrogens with two attached hydrogens (primary N) is 2. The maximum Gasteiger partial charge on any atom is 0.284 e. The summed E-state index contributed by atoms with van der Waals surface area (Å²) >= 11 is 0. The zero-order valence-corrected chi connectivity index (χ0v) is 15.5. The summed E-state index contributed by atoms with van der Waals surface area (Å²) in [6.07, 6.45) is 2.57. The lowest BCUT2D eigenvalue weighted by atomic mass is 10.00. The average Bonchev–Trinajstić information content (AvgIpc) is 2.67. The zero-order chi connectivity index (χ0) is 21.4. The summed E-state index contributed by atoms with van der Waals surface area (Å²) in [5, 5.41) is 9.71. The molecule has 1 aromatic carbocycles. The first-order valence-electron chi connectivity index (χ1n) is 8.35. The van der Waals surface area contributed by atoms with Gasteiger partial charge in [0.1, 0.15) is 12.4 Å². The number of anilines is 2. The number of ether oxygens (including phenoxy) is 2. The first-order chi connectivity index (χ1) is 13.8. The van der Waals surface area contributed by atoms with Crippen molar-refractivity contribution in [2.75, 3.05) is 24.6 Å². The molecule has 1 aromatic heterocycles. The Morgan fingerprint density at radius 2 is 2.17 bits per heavy atom. The Morgan fingerprint density at radius 3 is 2.79 bits per heavy atom. The third kappa shape index (κ3) is 6.13. The minimum absolute atomic E-state index is 0.0851. The standard InChI is InChI=1S/C18H20F2N6O3/c1-10(5-13(7-19)29-18(22)23)11-3-2-4-12(6-11)25-17(27)15-16(21)26-14(8-24-15)28-9-20/h2-6,8,10H,7,9H2,1H3,(H2,21,26)(H3,22,23)(H,25,27)/b13-5-/t10-/m1/s1. The number of hydrogen-bond acceptors (Lipinski definition) is 7. The second-order valence-electron chi connectivity index (χ2n) is 5.80. The molecule has 0 aliphatic heterocycles. The molecule has 2 rings (SSSR count).